The van der Waals surface area contributed by atoms with E-state index in [2.05, 4.69) is 5.32 Å². The minimum Gasteiger partial charge on any atom is -0.324 e. The van der Waals surface area contributed by atoms with Crippen LogP contribution in [0.1, 0.15) is 19.8 Å². The largest absolute Gasteiger partial charge is 0.324 e. The molecule has 94 valence electrons. The van der Waals surface area contributed by atoms with Gasteiger partial charge in [-0.05, 0) is 17.9 Å². The molecule has 3 nitrogen and oxygen atoms in total. The van der Waals surface area contributed by atoms with Gasteiger partial charge in [-0.25, -0.2) is 0 Å². The van der Waals surface area contributed by atoms with Crippen molar-refractivity contribution in [3.05, 3.63) is 42.5 Å². The van der Waals surface area contributed by atoms with Crippen molar-refractivity contribution in [1.29, 1.82) is 0 Å². The standard InChI is InChI=1S/C15H18N2O/c1-2-6-13(16)15(18)17-14-10-5-8-11-7-3-4-9-12(11)14/h3-5,7-10,13H,2,6,16H2,1H3,(H,17,18)/t13-/m1/s1. The summed E-state index contributed by atoms with van der Waals surface area (Å²) in [7, 11) is 0. The molecule has 0 bridgehead atoms. The molecule has 0 aliphatic rings. The van der Waals surface area contributed by atoms with Crippen LogP contribution in [0.4, 0.5) is 5.69 Å². The lowest BCUT2D eigenvalue weighted by molar-refractivity contribution is -0.117. The highest BCUT2D eigenvalue weighted by atomic mass is 16.2. The van der Waals surface area contributed by atoms with Crippen molar-refractivity contribution in [3.63, 3.8) is 0 Å². The van der Waals surface area contributed by atoms with Crippen molar-refractivity contribution in [2.45, 2.75) is 25.8 Å². The van der Waals surface area contributed by atoms with E-state index < -0.39 is 6.04 Å². The predicted octanol–water partition coefficient (Wildman–Crippen LogP) is 2.91. The summed E-state index contributed by atoms with van der Waals surface area (Å²) in [5.74, 6) is -0.117. The first kappa shape index (κ1) is 12.6. The van der Waals surface area contributed by atoms with Gasteiger partial charge in [0.05, 0.1) is 6.04 Å². The molecule has 3 N–H and O–H groups in total. The Hall–Kier alpha value is -1.87. The summed E-state index contributed by atoms with van der Waals surface area (Å²) in [6.45, 7) is 2.02. The zero-order chi connectivity index (χ0) is 13.0. The number of carbonyl (C=O) groups excluding carboxylic acids is 1. The number of fused-ring (bicyclic) bond motifs is 1. The normalized spacial score (nSPS) is 12.3. The molecule has 0 radical (unpaired) electrons. The average molecular weight is 242 g/mol. The third kappa shape index (κ3) is 2.68. The Bertz CT molecular complexity index is 546. The maximum atomic E-state index is 11.9. The van der Waals surface area contributed by atoms with Gasteiger partial charge in [0.25, 0.3) is 0 Å². The van der Waals surface area contributed by atoms with Crippen LogP contribution in [0, 0.1) is 0 Å². The van der Waals surface area contributed by atoms with E-state index in [9.17, 15) is 4.79 Å². The lowest BCUT2D eigenvalue weighted by Gasteiger charge is -2.12. The Morgan fingerprint density at radius 1 is 1.22 bits per heavy atom. The van der Waals surface area contributed by atoms with Gasteiger partial charge in [-0.2, -0.15) is 0 Å². The molecule has 1 amide bonds. The van der Waals surface area contributed by atoms with Gasteiger partial charge in [-0.15, -0.1) is 0 Å². The average Bonchev–Trinajstić information content (AvgIpc) is 2.39. The van der Waals surface area contributed by atoms with E-state index in [4.69, 9.17) is 5.73 Å². The van der Waals surface area contributed by atoms with Crippen molar-refractivity contribution in [3.8, 4) is 0 Å². The summed E-state index contributed by atoms with van der Waals surface area (Å²) >= 11 is 0. The molecule has 0 unspecified atom stereocenters. The molecular formula is C15H18N2O. The number of amides is 1. The number of benzene rings is 2. The second kappa shape index (κ2) is 5.65. The van der Waals surface area contributed by atoms with Crippen molar-refractivity contribution in [1.82, 2.24) is 0 Å². The van der Waals surface area contributed by atoms with E-state index in [0.29, 0.717) is 6.42 Å². The summed E-state index contributed by atoms with van der Waals surface area (Å²) in [6.07, 6.45) is 1.61. The molecule has 0 saturated carbocycles. The Morgan fingerprint density at radius 2 is 1.94 bits per heavy atom. The minimum absolute atomic E-state index is 0.117. The van der Waals surface area contributed by atoms with E-state index in [0.717, 1.165) is 22.9 Å². The molecule has 18 heavy (non-hydrogen) atoms. The van der Waals surface area contributed by atoms with Gasteiger partial charge in [0, 0.05) is 11.1 Å². The molecule has 0 heterocycles. The third-order valence-corrected chi connectivity index (χ3v) is 2.98. The van der Waals surface area contributed by atoms with Crippen LogP contribution in [-0.2, 0) is 4.79 Å². The number of hydrogen-bond donors (Lipinski definition) is 2. The van der Waals surface area contributed by atoms with Crippen LogP contribution in [-0.4, -0.2) is 11.9 Å². The molecule has 0 aromatic heterocycles. The highest BCUT2D eigenvalue weighted by Crippen LogP contribution is 2.23. The molecule has 1 atom stereocenters. The fourth-order valence-corrected chi connectivity index (χ4v) is 2.00. The first-order chi connectivity index (χ1) is 8.72. The van der Waals surface area contributed by atoms with E-state index in [1.807, 2.05) is 49.4 Å². The summed E-state index contributed by atoms with van der Waals surface area (Å²) in [4.78, 5) is 11.9. The molecule has 0 fully saturated rings. The summed E-state index contributed by atoms with van der Waals surface area (Å²) < 4.78 is 0. The third-order valence-electron chi connectivity index (χ3n) is 2.98. The minimum atomic E-state index is -0.436. The SMILES string of the molecule is CCC[C@@H](N)C(=O)Nc1cccc2ccccc12. The zero-order valence-corrected chi connectivity index (χ0v) is 10.5. The van der Waals surface area contributed by atoms with Crippen molar-refractivity contribution < 1.29 is 4.79 Å². The van der Waals surface area contributed by atoms with E-state index in [1.54, 1.807) is 0 Å². The Balaban J connectivity index is 2.24. The van der Waals surface area contributed by atoms with Crippen LogP contribution in [0.3, 0.4) is 0 Å². The van der Waals surface area contributed by atoms with E-state index >= 15 is 0 Å². The highest BCUT2D eigenvalue weighted by molar-refractivity contribution is 6.03. The highest BCUT2D eigenvalue weighted by Gasteiger charge is 2.13. The van der Waals surface area contributed by atoms with Crippen molar-refractivity contribution in [2.75, 3.05) is 5.32 Å². The van der Waals surface area contributed by atoms with E-state index in [1.165, 1.54) is 0 Å². The lowest BCUT2D eigenvalue weighted by Crippen LogP contribution is -2.35. The molecule has 0 aliphatic heterocycles. The number of nitrogens with one attached hydrogen (secondary N) is 1. The molecule has 2 aromatic rings. The Morgan fingerprint density at radius 3 is 2.72 bits per heavy atom. The van der Waals surface area contributed by atoms with E-state index in [-0.39, 0.29) is 5.91 Å². The second-order valence-electron chi connectivity index (χ2n) is 4.41. The fourth-order valence-electron chi connectivity index (χ4n) is 2.00. The van der Waals surface area contributed by atoms with Gasteiger partial charge in [0.15, 0.2) is 0 Å². The van der Waals surface area contributed by atoms with Crippen molar-refractivity contribution in [2.24, 2.45) is 5.73 Å². The number of hydrogen-bond acceptors (Lipinski definition) is 2. The summed E-state index contributed by atoms with van der Waals surface area (Å²) in [6, 6.07) is 13.4. The zero-order valence-electron chi connectivity index (χ0n) is 10.5. The first-order valence-corrected chi connectivity index (χ1v) is 6.26. The van der Waals surface area contributed by atoms with Gasteiger partial charge in [0.1, 0.15) is 0 Å². The smallest absolute Gasteiger partial charge is 0.241 e. The van der Waals surface area contributed by atoms with Crippen LogP contribution < -0.4 is 11.1 Å². The maximum absolute atomic E-state index is 11.9. The van der Waals surface area contributed by atoms with Gasteiger partial charge in [-0.1, -0.05) is 49.7 Å². The van der Waals surface area contributed by atoms with Crippen LogP contribution >= 0.6 is 0 Å². The Labute approximate surface area is 107 Å². The monoisotopic (exact) mass is 242 g/mol. The maximum Gasteiger partial charge on any atom is 0.241 e. The number of rotatable bonds is 4. The topological polar surface area (TPSA) is 55.1 Å². The predicted molar refractivity (Wildman–Crippen MR) is 75.5 cm³/mol. The molecule has 2 aromatic carbocycles. The quantitative estimate of drug-likeness (QED) is 0.866. The molecule has 2 rings (SSSR count). The second-order valence-corrected chi connectivity index (χ2v) is 4.41. The van der Waals surface area contributed by atoms with Crippen LogP contribution in [0.15, 0.2) is 42.5 Å². The number of carbonyl (C=O) groups is 1. The summed E-state index contributed by atoms with van der Waals surface area (Å²) in [5, 5.41) is 5.06. The van der Waals surface area contributed by atoms with Gasteiger partial charge >= 0.3 is 0 Å². The molecule has 3 heteroatoms. The first-order valence-electron chi connectivity index (χ1n) is 6.26. The molecular weight excluding hydrogens is 224 g/mol. The van der Waals surface area contributed by atoms with Crippen LogP contribution in [0.2, 0.25) is 0 Å². The Kier molecular flexibility index (Phi) is 3.95. The van der Waals surface area contributed by atoms with Crippen molar-refractivity contribution >= 4 is 22.4 Å². The summed E-state index contributed by atoms with van der Waals surface area (Å²) in [5.41, 5.74) is 6.63. The van der Waals surface area contributed by atoms with Gasteiger partial charge < -0.3 is 11.1 Å². The lowest BCUT2D eigenvalue weighted by atomic mass is 10.1. The van der Waals surface area contributed by atoms with Gasteiger partial charge in [-0.3, -0.25) is 4.79 Å². The number of anilines is 1. The van der Waals surface area contributed by atoms with Gasteiger partial charge in [0.2, 0.25) is 5.91 Å². The molecule has 0 saturated heterocycles. The molecule has 0 spiro atoms. The van der Waals surface area contributed by atoms with Crippen LogP contribution in [0.25, 0.3) is 10.8 Å². The van der Waals surface area contributed by atoms with Crippen LogP contribution in [0.5, 0.6) is 0 Å². The fraction of sp³-hybridized carbons (Fsp3) is 0.267. The molecule has 0 aliphatic carbocycles. The number of nitrogens with two attached hydrogens (primary N) is 1.